The zero-order valence-corrected chi connectivity index (χ0v) is 28.6. The van der Waals surface area contributed by atoms with E-state index in [2.05, 4.69) is 13.8 Å². The first-order valence-electron chi connectivity index (χ1n) is 14.3. The molecule has 0 aromatic rings. The van der Waals surface area contributed by atoms with Crippen molar-refractivity contribution in [2.75, 3.05) is 46.5 Å². The minimum absolute atomic E-state index is 0.0228. The molecule has 0 amide bonds. The second-order valence-corrected chi connectivity index (χ2v) is 19.2. The van der Waals surface area contributed by atoms with E-state index in [9.17, 15) is 13.7 Å². The molecule has 236 valence electrons. The summed E-state index contributed by atoms with van der Waals surface area (Å²) in [6.07, 6.45) is -2.43. The summed E-state index contributed by atoms with van der Waals surface area (Å²) in [5.74, 6) is 0.361. The second-order valence-electron chi connectivity index (χ2n) is 12.4. The quantitative estimate of drug-likeness (QED) is 0.226. The van der Waals surface area contributed by atoms with Crippen LogP contribution in [0.3, 0.4) is 0 Å². The van der Waals surface area contributed by atoms with Gasteiger partial charge in [-0.2, -0.15) is 0 Å². The highest BCUT2D eigenvalue weighted by atomic mass is 31.2. The normalized spacial score (nSPS) is 43.6. The smallest absolute Gasteiger partial charge is 0.328 e. The van der Waals surface area contributed by atoms with E-state index < -0.39 is 40.9 Å². The van der Waals surface area contributed by atoms with E-state index in [1.807, 2.05) is 34.6 Å². The maximum atomic E-state index is 13.3. The minimum atomic E-state index is -3.48. The van der Waals surface area contributed by atoms with Gasteiger partial charge in [-0.05, 0) is 32.6 Å². The largest absolute Gasteiger partial charge is 0.372 e. The van der Waals surface area contributed by atoms with Gasteiger partial charge in [0.15, 0.2) is 7.37 Å². The van der Waals surface area contributed by atoms with Gasteiger partial charge in [0.2, 0.25) is 0 Å². The summed E-state index contributed by atoms with van der Waals surface area (Å²) in [6.45, 7) is 20.3. The summed E-state index contributed by atoms with van der Waals surface area (Å²) in [5, 5.41) is 0. The van der Waals surface area contributed by atoms with Crippen molar-refractivity contribution < 1.29 is 50.5 Å². The van der Waals surface area contributed by atoms with Crippen molar-refractivity contribution in [3.8, 4) is 0 Å². The molecule has 40 heavy (non-hydrogen) atoms. The van der Waals surface area contributed by atoms with Crippen LogP contribution in [0.15, 0.2) is 0 Å². The molecule has 7 unspecified atom stereocenters. The number of hydrogen-bond acceptors (Lipinski definition) is 11. The van der Waals surface area contributed by atoms with E-state index in [4.69, 9.17) is 36.8 Å². The van der Waals surface area contributed by atoms with Crippen LogP contribution in [-0.4, -0.2) is 95.3 Å². The molecule has 3 rings (SSSR count). The SMILES string of the molecule is CC1C(C)[C@@H](COP(C)(=O)OC2C(C)[C@@H](COP(C)(=O)O[C@H]3C(C)[C@@H](COP(C)(C)=O)O[C@H]3C)O[C@H]2C)O[C@H]1C. The second kappa shape index (κ2) is 13.6. The summed E-state index contributed by atoms with van der Waals surface area (Å²) < 4.78 is 85.2. The fourth-order valence-corrected chi connectivity index (χ4v) is 8.71. The first-order chi connectivity index (χ1) is 18.3. The molecule has 3 saturated heterocycles. The molecule has 0 radical (unpaired) electrons. The lowest BCUT2D eigenvalue weighted by Crippen LogP contribution is -2.30. The average molecular weight is 633 g/mol. The predicted molar refractivity (Wildman–Crippen MR) is 154 cm³/mol. The Morgan fingerprint density at radius 2 is 0.850 bits per heavy atom. The number of rotatable bonds is 13. The lowest BCUT2D eigenvalue weighted by Gasteiger charge is -2.26. The maximum absolute atomic E-state index is 13.3. The van der Waals surface area contributed by atoms with Gasteiger partial charge in [0, 0.05) is 38.5 Å². The van der Waals surface area contributed by atoms with Gasteiger partial charge in [-0.25, -0.2) is 0 Å². The molecular weight excluding hydrogens is 581 g/mol. The highest BCUT2D eigenvalue weighted by Gasteiger charge is 2.47. The first kappa shape index (κ1) is 34.9. The molecule has 14 heteroatoms. The highest BCUT2D eigenvalue weighted by molar-refractivity contribution is 7.57. The van der Waals surface area contributed by atoms with Crippen molar-refractivity contribution >= 4 is 22.6 Å². The molecule has 0 aromatic heterocycles. The highest BCUT2D eigenvalue weighted by Crippen LogP contribution is 2.52. The van der Waals surface area contributed by atoms with E-state index in [1.54, 1.807) is 13.3 Å². The van der Waals surface area contributed by atoms with Crippen LogP contribution < -0.4 is 0 Å². The standard InChI is InChI=1S/C26H51O11P3/c1-15-16(2)22(33-19(15)5)13-31-39(10,28)37-26-18(4)24(35-21(26)7)14-32-40(11,29)36-25-17(3)23(34-20(25)6)12-30-38(8,9)27/h15-26H,12-14H2,1-11H3/t15?,16?,17?,18?,19-,20-,21-,22+,23+,24+,25-,26?,39?,40?/m0/s1. The van der Waals surface area contributed by atoms with Crippen molar-refractivity contribution in [3.63, 3.8) is 0 Å². The Balaban J connectivity index is 1.49. The predicted octanol–water partition coefficient (Wildman–Crippen LogP) is 5.90. The Bertz CT molecular complexity index is 989. The van der Waals surface area contributed by atoms with E-state index >= 15 is 0 Å². The van der Waals surface area contributed by atoms with Crippen LogP contribution in [0.5, 0.6) is 0 Å². The molecule has 3 fully saturated rings. The molecule has 0 N–H and O–H groups in total. The van der Waals surface area contributed by atoms with E-state index in [0.717, 1.165) is 0 Å². The van der Waals surface area contributed by atoms with Crippen LogP contribution in [0.2, 0.25) is 0 Å². The molecule has 3 heterocycles. The Morgan fingerprint density at radius 3 is 1.20 bits per heavy atom. The van der Waals surface area contributed by atoms with Crippen LogP contribution in [0.25, 0.3) is 0 Å². The molecule has 0 aromatic carbocycles. The van der Waals surface area contributed by atoms with Crippen molar-refractivity contribution in [1.29, 1.82) is 0 Å². The fraction of sp³-hybridized carbons (Fsp3) is 1.00. The van der Waals surface area contributed by atoms with E-state index in [1.165, 1.54) is 13.3 Å². The van der Waals surface area contributed by atoms with Gasteiger partial charge in [0.1, 0.15) is 0 Å². The van der Waals surface area contributed by atoms with Gasteiger partial charge >= 0.3 is 15.2 Å². The number of hydrogen-bond donors (Lipinski definition) is 0. The van der Waals surface area contributed by atoms with Gasteiger partial charge in [0.25, 0.3) is 0 Å². The van der Waals surface area contributed by atoms with E-state index in [0.29, 0.717) is 11.8 Å². The Hall–Kier alpha value is 0.370. The third-order valence-corrected chi connectivity index (χ3v) is 11.8. The van der Waals surface area contributed by atoms with Gasteiger partial charge in [-0.3, -0.25) is 13.7 Å². The zero-order chi connectivity index (χ0) is 30.2. The van der Waals surface area contributed by atoms with Crippen LogP contribution in [0.4, 0.5) is 0 Å². The first-order valence-corrected chi connectivity index (χ1v) is 20.8. The summed E-state index contributed by atoms with van der Waals surface area (Å²) in [5.41, 5.74) is 0. The van der Waals surface area contributed by atoms with Crippen LogP contribution in [0.1, 0.15) is 48.5 Å². The van der Waals surface area contributed by atoms with Gasteiger partial charge in [0.05, 0.1) is 68.7 Å². The lowest BCUT2D eigenvalue weighted by molar-refractivity contribution is -0.00890. The van der Waals surface area contributed by atoms with Crippen LogP contribution in [-0.2, 0) is 50.5 Å². The Labute approximate surface area is 240 Å². The fourth-order valence-electron chi connectivity index (χ4n) is 5.63. The third kappa shape index (κ3) is 9.19. The summed E-state index contributed by atoms with van der Waals surface area (Å²) in [4.78, 5) is 0. The third-order valence-electron chi connectivity index (χ3n) is 8.58. The van der Waals surface area contributed by atoms with Crippen molar-refractivity contribution in [3.05, 3.63) is 0 Å². The van der Waals surface area contributed by atoms with Gasteiger partial charge in [-0.15, -0.1) is 0 Å². The topological polar surface area (TPSA) is 125 Å². The molecule has 0 saturated carbocycles. The van der Waals surface area contributed by atoms with Gasteiger partial charge in [-0.1, -0.05) is 27.7 Å². The minimum Gasteiger partial charge on any atom is -0.372 e. The molecule has 11 nitrogen and oxygen atoms in total. The lowest BCUT2D eigenvalue weighted by atomic mass is 9.91. The number of ether oxygens (including phenoxy) is 3. The van der Waals surface area contributed by atoms with Crippen molar-refractivity contribution in [2.45, 2.75) is 97.3 Å². The monoisotopic (exact) mass is 632 g/mol. The molecule has 0 aliphatic carbocycles. The zero-order valence-electron chi connectivity index (χ0n) is 25.9. The van der Waals surface area contributed by atoms with Crippen LogP contribution in [0, 0.1) is 23.7 Å². The summed E-state index contributed by atoms with van der Waals surface area (Å²) in [6, 6.07) is 0. The molecule has 14 atom stereocenters. The molecule has 0 spiro atoms. The summed E-state index contributed by atoms with van der Waals surface area (Å²) >= 11 is 0. The van der Waals surface area contributed by atoms with Crippen molar-refractivity contribution in [1.82, 2.24) is 0 Å². The molecular formula is C26H51O11P3. The summed E-state index contributed by atoms with van der Waals surface area (Å²) in [7, 11) is -9.52. The van der Waals surface area contributed by atoms with Crippen LogP contribution >= 0.6 is 22.6 Å². The van der Waals surface area contributed by atoms with Crippen molar-refractivity contribution in [2.24, 2.45) is 23.7 Å². The molecule has 3 aliphatic rings. The van der Waals surface area contributed by atoms with Gasteiger partial charge < -0.3 is 36.8 Å². The van der Waals surface area contributed by atoms with E-state index in [-0.39, 0.29) is 62.2 Å². The Kier molecular flexibility index (Phi) is 11.8. The Morgan fingerprint density at radius 1 is 0.500 bits per heavy atom. The molecule has 0 bridgehead atoms. The molecule has 3 aliphatic heterocycles. The average Bonchev–Trinajstić information content (AvgIpc) is 3.36. The maximum Gasteiger partial charge on any atom is 0.328 e.